The Morgan fingerprint density at radius 3 is 1.62 bits per heavy atom. The molecule has 1 aliphatic rings. The summed E-state index contributed by atoms with van der Waals surface area (Å²) in [4.78, 5) is 31.2. The second-order valence-corrected chi connectivity index (χ2v) is 8.79. The maximum absolute atomic E-state index is 13.9. The van der Waals surface area contributed by atoms with Crippen LogP contribution in [0, 0.1) is 11.6 Å². The quantitative estimate of drug-likeness (QED) is 0.411. The lowest BCUT2D eigenvalue weighted by molar-refractivity contribution is -0.0360. The molecule has 3 heterocycles. The van der Waals surface area contributed by atoms with E-state index in [-0.39, 0.29) is 11.5 Å². The van der Waals surface area contributed by atoms with E-state index in [1.54, 1.807) is 0 Å². The van der Waals surface area contributed by atoms with Crippen LogP contribution in [0.4, 0.5) is 20.4 Å². The Morgan fingerprint density at radius 2 is 1.28 bits per heavy atom. The zero-order chi connectivity index (χ0) is 23.4. The van der Waals surface area contributed by atoms with Gasteiger partial charge in [-0.25, -0.2) is 18.4 Å². The molecular formula is C16H20F2N6O6S2. The lowest BCUT2D eigenvalue weighted by atomic mass is 10.5. The standard InChI is InChI=1S/C16H20F2N6O6S2/c17-7-1-23(15(27)21-13(7)19)9-5-31-12(4-26)30-10(6-32-11(3-25)29-9)24-2-8(18)14(20)22-16(24)28/h1-2,9-12,25-26H,3-6H2,(H2,19,21,27)(H2,20,22,28). The maximum Gasteiger partial charge on any atom is 0.351 e. The third kappa shape index (κ3) is 5.57. The molecule has 0 bridgehead atoms. The first-order chi connectivity index (χ1) is 15.2. The number of nitrogen functional groups attached to an aromatic ring is 2. The number of nitrogens with zero attached hydrogens (tertiary/aromatic N) is 4. The van der Waals surface area contributed by atoms with Gasteiger partial charge in [-0.05, 0) is 0 Å². The molecule has 3 rings (SSSR count). The molecule has 0 saturated carbocycles. The van der Waals surface area contributed by atoms with Gasteiger partial charge in [-0.3, -0.25) is 9.13 Å². The van der Waals surface area contributed by atoms with Crippen molar-refractivity contribution >= 4 is 35.2 Å². The Bertz CT molecular complexity index is 989. The Hall–Kier alpha value is -2.24. The van der Waals surface area contributed by atoms with Crippen molar-refractivity contribution in [1.82, 2.24) is 19.1 Å². The Labute approximate surface area is 187 Å². The van der Waals surface area contributed by atoms with Gasteiger partial charge in [0.25, 0.3) is 0 Å². The molecule has 12 nitrogen and oxygen atoms in total. The van der Waals surface area contributed by atoms with Gasteiger partial charge in [-0.2, -0.15) is 9.97 Å². The third-order valence-electron chi connectivity index (χ3n) is 4.25. The van der Waals surface area contributed by atoms with Gasteiger partial charge in [0.1, 0.15) is 23.3 Å². The average Bonchev–Trinajstić information content (AvgIpc) is 2.76. The molecule has 0 spiro atoms. The molecule has 4 unspecified atom stereocenters. The molecular weight excluding hydrogens is 474 g/mol. The highest BCUT2D eigenvalue weighted by molar-refractivity contribution is 8.00. The minimum Gasteiger partial charge on any atom is -0.393 e. The molecule has 2 aromatic rings. The van der Waals surface area contributed by atoms with Crippen molar-refractivity contribution < 1.29 is 28.5 Å². The number of hydrogen-bond acceptors (Lipinski definition) is 12. The van der Waals surface area contributed by atoms with E-state index in [0.717, 1.165) is 45.1 Å². The molecule has 4 atom stereocenters. The summed E-state index contributed by atoms with van der Waals surface area (Å²) < 4.78 is 41.1. The minimum atomic E-state index is -1.09. The summed E-state index contributed by atoms with van der Waals surface area (Å²) in [5.41, 5.74) is 7.00. The summed E-state index contributed by atoms with van der Waals surface area (Å²) in [7, 11) is 0. The van der Waals surface area contributed by atoms with Crippen LogP contribution in [0.5, 0.6) is 0 Å². The van der Waals surface area contributed by atoms with Gasteiger partial charge in [0.15, 0.2) is 23.3 Å². The van der Waals surface area contributed by atoms with E-state index in [2.05, 4.69) is 9.97 Å². The monoisotopic (exact) mass is 494 g/mol. The number of hydrogen-bond donors (Lipinski definition) is 4. The third-order valence-corrected chi connectivity index (χ3v) is 6.47. The average molecular weight is 495 g/mol. The summed E-state index contributed by atoms with van der Waals surface area (Å²) in [6, 6.07) is 0. The van der Waals surface area contributed by atoms with Gasteiger partial charge >= 0.3 is 11.4 Å². The lowest BCUT2D eigenvalue weighted by Gasteiger charge is -2.31. The van der Waals surface area contributed by atoms with E-state index in [0.29, 0.717) is 0 Å². The van der Waals surface area contributed by atoms with Crippen molar-refractivity contribution in [2.75, 3.05) is 36.2 Å². The van der Waals surface area contributed by atoms with Gasteiger partial charge in [0, 0.05) is 11.5 Å². The van der Waals surface area contributed by atoms with Crippen molar-refractivity contribution in [3.63, 3.8) is 0 Å². The number of rotatable bonds is 4. The second kappa shape index (κ2) is 10.6. The minimum absolute atomic E-state index is 0.0385. The number of halogens is 2. The largest absolute Gasteiger partial charge is 0.393 e. The molecule has 0 amide bonds. The lowest BCUT2D eigenvalue weighted by Crippen LogP contribution is -2.37. The van der Waals surface area contributed by atoms with E-state index in [4.69, 9.17) is 20.9 Å². The Balaban J connectivity index is 1.90. The second-order valence-electron chi connectivity index (χ2n) is 6.40. The molecule has 0 aliphatic carbocycles. The fraction of sp³-hybridized carbons (Fsp3) is 0.500. The SMILES string of the molecule is Nc1nc(=O)n(C2CSC(CO)OC(n3cc(F)c(N)nc3=O)CSC(CO)O2)cc1F. The van der Waals surface area contributed by atoms with Crippen LogP contribution in [0.1, 0.15) is 12.5 Å². The fourth-order valence-electron chi connectivity index (χ4n) is 2.70. The van der Waals surface area contributed by atoms with Crippen LogP contribution >= 0.6 is 23.5 Å². The van der Waals surface area contributed by atoms with E-state index >= 15 is 0 Å². The molecule has 16 heteroatoms. The summed E-state index contributed by atoms with van der Waals surface area (Å²) >= 11 is 1.96. The number of aliphatic hydroxyl groups is 2. The van der Waals surface area contributed by atoms with Crippen LogP contribution in [0.3, 0.4) is 0 Å². The zero-order valence-electron chi connectivity index (χ0n) is 16.3. The first-order valence-electron chi connectivity index (χ1n) is 9.07. The van der Waals surface area contributed by atoms with Crippen LogP contribution < -0.4 is 22.8 Å². The summed E-state index contributed by atoms with van der Waals surface area (Å²) in [5, 5.41) is 19.4. The molecule has 32 heavy (non-hydrogen) atoms. The smallest absolute Gasteiger partial charge is 0.351 e. The van der Waals surface area contributed by atoms with Crippen LogP contribution in [0.15, 0.2) is 22.0 Å². The van der Waals surface area contributed by atoms with Crippen molar-refractivity contribution in [2.24, 2.45) is 0 Å². The number of aromatic nitrogens is 4. The zero-order valence-corrected chi connectivity index (χ0v) is 18.0. The molecule has 1 saturated heterocycles. The highest BCUT2D eigenvalue weighted by Gasteiger charge is 2.29. The number of nitrogens with two attached hydrogens (primary N) is 2. The van der Waals surface area contributed by atoms with Crippen LogP contribution in [0.2, 0.25) is 0 Å². The molecule has 0 aromatic carbocycles. The number of anilines is 2. The van der Waals surface area contributed by atoms with Crippen LogP contribution in [-0.2, 0) is 9.47 Å². The fourth-order valence-corrected chi connectivity index (χ4v) is 4.56. The molecule has 6 N–H and O–H groups in total. The first kappa shape index (κ1) is 24.4. The van der Waals surface area contributed by atoms with Crippen molar-refractivity contribution in [1.29, 1.82) is 0 Å². The van der Waals surface area contributed by atoms with Crippen molar-refractivity contribution in [3.8, 4) is 0 Å². The summed E-state index contributed by atoms with van der Waals surface area (Å²) in [5.74, 6) is -3.08. The van der Waals surface area contributed by atoms with E-state index < -0.39 is 71.2 Å². The topological polar surface area (TPSA) is 181 Å². The van der Waals surface area contributed by atoms with Crippen LogP contribution in [0.25, 0.3) is 0 Å². The molecule has 1 aliphatic heterocycles. The predicted octanol–water partition coefficient (Wildman–Crippen LogP) is -0.910. The molecule has 176 valence electrons. The Kier molecular flexibility index (Phi) is 8.07. The van der Waals surface area contributed by atoms with Gasteiger partial charge in [0.2, 0.25) is 0 Å². The van der Waals surface area contributed by atoms with Gasteiger partial charge < -0.3 is 31.2 Å². The highest BCUT2D eigenvalue weighted by atomic mass is 32.2. The number of aliphatic hydroxyl groups excluding tert-OH is 2. The van der Waals surface area contributed by atoms with Crippen molar-refractivity contribution in [3.05, 3.63) is 45.0 Å². The molecule has 0 radical (unpaired) electrons. The first-order valence-corrected chi connectivity index (χ1v) is 11.2. The van der Waals surface area contributed by atoms with Crippen LogP contribution in [-0.4, -0.2) is 64.9 Å². The van der Waals surface area contributed by atoms with Gasteiger partial charge in [-0.15, -0.1) is 23.5 Å². The normalized spacial score (nSPS) is 24.9. The maximum atomic E-state index is 13.9. The molecule has 2 aromatic heterocycles. The highest BCUT2D eigenvalue weighted by Crippen LogP contribution is 2.31. The van der Waals surface area contributed by atoms with E-state index in [9.17, 15) is 28.6 Å². The molecule has 1 fully saturated rings. The van der Waals surface area contributed by atoms with E-state index in [1.165, 1.54) is 0 Å². The van der Waals surface area contributed by atoms with Crippen molar-refractivity contribution in [2.45, 2.75) is 23.3 Å². The van der Waals surface area contributed by atoms with Gasteiger partial charge in [-0.1, -0.05) is 0 Å². The summed E-state index contributed by atoms with van der Waals surface area (Å²) in [6.45, 7) is -1.02. The summed E-state index contributed by atoms with van der Waals surface area (Å²) in [6.07, 6.45) is -0.513. The predicted molar refractivity (Wildman–Crippen MR) is 113 cm³/mol. The number of ether oxygens (including phenoxy) is 2. The van der Waals surface area contributed by atoms with E-state index in [1.807, 2.05) is 0 Å². The number of thioether (sulfide) groups is 2. The van der Waals surface area contributed by atoms with Gasteiger partial charge in [0.05, 0.1) is 25.6 Å². The Morgan fingerprint density at radius 1 is 0.906 bits per heavy atom.